The molecule has 3 heterocycles. The highest BCUT2D eigenvalue weighted by Gasteiger charge is 2.23. The molecule has 4 rings (SSSR count). The van der Waals surface area contributed by atoms with Gasteiger partial charge in [0.05, 0.1) is 0 Å². The number of halogens is 1. The average Bonchev–Trinajstić information content (AvgIpc) is 2.74. The van der Waals surface area contributed by atoms with E-state index < -0.39 is 0 Å². The molecule has 1 fully saturated rings. The minimum absolute atomic E-state index is 0.169. The van der Waals surface area contributed by atoms with Gasteiger partial charge in [-0.3, -0.25) is 9.88 Å². The molecule has 0 amide bonds. The van der Waals surface area contributed by atoms with Gasteiger partial charge in [0.2, 0.25) is 0 Å². The largest absolute Gasteiger partial charge is 0.363 e. The summed E-state index contributed by atoms with van der Waals surface area (Å²) in [4.78, 5) is 18.2. The van der Waals surface area contributed by atoms with Crippen molar-refractivity contribution >= 4 is 5.82 Å². The highest BCUT2D eigenvalue weighted by atomic mass is 19.1. The molecule has 0 aliphatic carbocycles. The SMILES string of the molecule is CN(C)c1cc(C2CCN(Cc3cccc(F)c3)CC2)nc(-c2cccnc2)n1. The van der Waals surface area contributed by atoms with Crippen LogP contribution in [0.3, 0.4) is 0 Å². The lowest BCUT2D eigenvalue weighted by molar-refractivity contribution is 0.203. The minimum atomic E-state index is -0.169. The van der Waals surface area contributed by atoms with Crippen LogP contribution in [0.4, 0.5) is 10.2 Å². The Morgan fingerprint density at radius 2 is 1.90 bits per heavy atom. The van der Waals surface area contributed by atoms with E-state index in [0.29, 0.717) is 5.92 Å². The Balaban J connectivity index is 1.49. The first-order valence-corrected chi connectivity index (χ1v) is 10.0. The number of likely N-dealkylation sites (tertiary alicyclic amines) is 1. The van der Waals surface area contributed by atoms with E-state index in [1.54, 1.807) is 24.5 Å². The van der Waals surface area contributed by atoms with Crippen LogP contribution in [0.25, 0.3) is 11.4 Å². The van der Waals surface area contributed by atoms with Crippen molar-refractivity contribution in [2.24, 2.45) is 0 Å². The second kappa shape index (κ2) is 8.66. The summed E-state index contributed by atoms with van der Waals surface area (Å²) in [5.41, 5.74) is 3.05. The van der Waals surface area contributed by atoms with Gasteiger partial charge in [-0.2, -0.15) is 0 Å². The molecule has 0 atom stereocenters. The predicted octanol–water partition coefficient (Wildman–Crippen LogP) is 4.12. The highest BCUT2D eigenvalue weighted by Crippen LogP contribution is 2.30. The van der Waals surface area contributed by atoms with Crippen LogP contribution in [-0.4, -0.2) is 47.0 Å². The van der Waals surface area contributed by atoms with Crippen molar-refractivity contribution in [3.8, 4) is 11.4 Å². The molecule has 29 heavy (non-hydrogen) atoms. The van der Waals surface area contributed by atoms with Crippen LogP contribution in [0.5, 0.6) is 0 Å². The van der Waals surface area contributed by atoms with Gasteiger partial charge in [-0.15, -0.1) is 0 Å². The smallest absolute Gasteiger partial charge is 0.163 e. The zero-order valence-corrected chi connectivity index (χ0v) is 16.9. The van der Waals surface area contributed by atoms with Crippen LogP contribution in [-0.2, 0) is 6.54 Å². The number of hydrogen-bond donors (Lipinski definition) is 0. The Morgan fingerprint density at radius 1 is 1.07 bits per heavy atom. The van der Waals surface area contributed by atoms with Crippen LogP contribution in [0, 0.1) is 5.82 Å². The van der Waals surface area contributed by atoms with Gasteiger partial charge in [0.1, 0.15) is 11.6 Å². The molecule has 0 unspecified atom stereocenters. The van der Waals surface area contributed by atoms with E-state index in [2.05, 4.69) is 16.0 Å². The first-order chi connectivity index (χ1) is 14.1. The summed E-state index contributed by atoms with van der Waals surface area (Å²) in [5.74, 6) is 1.87. The molecule has 3 aromatic rings. The number of anilines is 1. The van der Waals surface area contributed by atoms with E-state index in [-0.39, 0.29) is 5.82 Å². The number of rotatable bonds is 5. The number of nitrogens with zero attached hydrogens (tertiary/aromatic N) is 5. The molecule has 1 saturated heterocycles. The molecule has 1 aliphatic heterocycles. The van der Waals surface area contributed by atoms with Crippen LogP contribution < -0.4 is 4.90 Å². The van der Waals surface area contributed by atoms with Crippen molar-refractivity contribution in [2.75, 3.05) is 32.1 Å². The summed E-state index contributed by atoms with van der Waals surface area (Å²) >= 11 is 0. The van der Waals surface area contributed by atoms with E-state index in [1.165, 1.54) is 6.07 Å². The Kier molecular flexibility index (Phi) is 5.81. The zero-order valence-electron chi connectivity index (χ0n) is 16.9. The number of piperidine rings is 1. The van der Waals surface area contributed by atoms with Crippen LogP contribution in [0.15, 0.2) is 54.9 Å². The van der Waals surface area contributed by atoms with Crippen molar-refractivity contribution in [2.45, 2.75) is 25.3 Å². The summed E-state index contributed by atoms with van der Waals surface area (Å²) < 4.78 is 13.4. The quantitative estimate of drug-likeness (QED) is 0.655. The summed E-state index contributed by atoms with van der Waals surface area (Å²) in [5, 5.41) is 0. The van der Waals surface area contributed by atoms with Gasteiger partial charge in [-0.1, -0.05) is 12.1 Å². The molecule has 5 nitrogen and oxygen atoms in total. The van der Waals surface area contributed by atoms with Gasteiger partial charge in [-0.25, -0.2) is 14.4 Å². The molecule has 0 radical (unpaired) electrons. The van der Waals surface area contributed by atoms with Crippen molar-refractivity contribution in [3.05, 3.63) is 71.9 Å². The summed E-state index contributed by atoms with van der Waals surface area (Å²) in [6.07, 6.45) is 5.63. The molecule has 1 aromatic carbocycles. The minimum Gasteiger partial charge on any atom is -0.363 e. The lowest BCUT2D eigenvalue weighted by Crippen LogP contribution is -2.32. The maximum absolute atomic E-state index is 13.4. The third-order valence-corrected chi connectivity index (χ3v) is 5.41. The average molecular weight is 391 g/mol. The third-order valence-electron chi connectivity index (χ3n) is 5.41. The van der Waals surface area contributed by atoms with Gasteiger partial charge < -0.3 is 4.90 Å². The van der Waals surface area contributed by atoms with Crippen molar-refractivity contribution in [3.63, 3.8) is 0 Å². The lowest BCUT2D eigenvalue weighted by Gasteiger charge is -2.32. The van der Waals surface area contributed by atoms with E-state index >= 15 is 0 Å². The van der Waals surface area contributed by atoms with Crippen molar-refractivity contribution in [1.29, 1.82) is 0 Å². The third kappa shape index (κ3) is 4.77. The van der Waals surface area contributed by atoms with Gasteiger partial charge >= 0.3 is 0 Å². The zero-order chi connectivity index (χ0) is 20.2. The second-order valence-electron chi connectivity index (χ2n) is 7.79. The highest BCUT2D eigenvalue weighted by molar-refractivity contribution is 5.56. The summed E-state index contributed by atoms with van der Waals surface area (Å²) in [6, 6.07) is 12.9. The maximum Gasteiger partial charge on any atom is 0.163 e. The van der Waals surface area contributed by atoms with Gasteiger partial charge in [0.15, 0.2) is 5.82 Å². The fraction of sp³-hybridized carbons (Fsp3) is 0.348. The first kappa shape index (κ1) is 19.5. The van der Waals surface area contributed by atoms with E-state index in [1.807, 2.05) is 37.2 Å². The molecule has 0 N–H and O–H groups in total. The number of hydrogen-bond acceptors (Lipinski definition) is 5. The van der Waals surface area contributed by atoms with E-state index in [4.69, 9.17) is 9.97 Å². The van der Waals surface area contributed by atoms with Crippen LogP contribution in [0.1, 0.15) is 30.0 Å². The number of aromatic nitrogens is 3. The molecule has 150 valence electrons. The molecule has 0 spiro atoms. The Bertz CT molecular complexity index is 952. The first-order valence-electron chi connectivity index (χ1n) is 10.0. The molecular formula is C23H26FN5. The van der Waals surface area contributed by atoms with E-state index in [9.17, 15) is 4.39 Å². The molecule has 1 aliphatic rings. The van der Waals surface area contributed by atoms with E-state index in [0.717, 1.165) is 60.9 Å². The molecule has 2 aromatic heterocycles. The van der Waals surface area contributed by atoms with Crippen molar-refractivity contribution in [1.82, 2.24) is 19.9 Å². The maximum atomic E-state index is 13.4. The Morgan fingerprint density at radius 3 is 2.59 bits per heavy atom. The van der Waals surface area contributed by atoms with Gasteiger partial charge in [0, 0.05) is 56.3 Å². The molecule has 0 saturated carbocycles. The molecule has 6 heteroatoms. The summed E-state index contributed by atoms with van der Waals surface area (Å²) in [7, 11) is 4.00. The predicted molar refractivity (Wildman–Crippen MR) is 113 cm³/mol. The number of pyridine rings is 1. The number of benzene rings is 1. The second-order valence-corrected chi connectivity index (χ2v) is 7.79. The van der Waals surface area contributed by atoms with Gasteiger partial charge in [-0.05, 0) is 55.8 Å². The fourth-order valence-corrected chi connectivity index (χ4v) is 3.80. The van der Waals surface area contributed by atoms with Crippen molar-refractivity contribution < 1.29 is 4.39 Å². The van der Waals surface area contributed by atoms with Gasteiger partial charge in [0.25, 0.3) is 0 Å². The van der Waals surface area contributed by atoms with Crippen LogP contribution in [0.2, 0.25) is 0 Å². The Labute approximate surface area is 171 Å². The lowest BCUT2D eigenvalue weighted by atomic mass is 9.92. The molecular weight excluding hydrogens is 365 g/mol. The molecule has 0 bridgehead atoms. The Hall–Kier alpha value is -2.86. The summed E-state index contributed by atoms with van der Waals surface area (Å²) in [6.45, 7) is 2.74. The normalized spacial score (nSPS) is 15.4. The topological polar surface area (TPSA) is 45.2 Å². The standard InChI is InChI=1S/C23H26FN5/c1-28(2)22-14-21(26-23(27-22)19-6-4-10-25-15-19)18-8-11-29(12-9-18)16-17-5-3-7-20(24)13-17/h3-7,10,13-15,18H,8-9,11-12,16H2,1-2H3. The monoisotopic (exact) mass is 391 g/mol. The van der Waals surface area contributed by atoms with Crippen LogP contribution >= 0.6 is 0 Å². The fourth-order valence-electron chi connectivity index (χ4n) is 3.80.